The lowest BCUT2D eigenvalue weighted by Crippen LogP contribution is -2.29. The van der Waals surface area contributed by atoms with E-state index in [1.54, 1.807) is 36.7 Å². The third-order valence-electron chi connectivity index (χ3n) is 4.41. The summed E-state index contributed by atoms with van der Waals surface area (Å²) < 4.78 is 38.2. The first-order valence-corrected chi connectivity index (χ1v) is 9.06. The molecule has 3 rings (SSSR count). The first kappa shape index (κ1) is 16.1. The molecule has 6 heteroatoms. The predicted molar refractivity (Wildman–Crippen MR) is 87.3 cm³/mol. The van der Waals surface area contributed by atoms with E-state index in [2.05, 4.69) is 0 Å². The molecule has 5 nitrogen and oxygen atoms in total. The summed E-state index contributed by atoms with van der Waals surface area (Å²) in [4.78, 5) is 0.357. The molecule has 0 amide bonds. The zero-order chi connectivity index (χ0) is 16.6. The van der Waals surface area contributed by atoms with Gasteiger partial charge < -0.3 is 9.15 Å². The number of ether oxygens (including phenoxy) is 1. The van der Waals surface area contributed by atoms with Gasteiger partial charge in [0.05, 0.1) is 18.3 Å². The van der Waals surface area contributed by atoms with E-state index in [0.717, 1.165) is 17.7 Å². The minimum atomic E-state index is -3.50. The molecule has 1 saturated heterocycles. The smallest absolute Gasteiger partial charge is 0.243 e. The third-order valence-corrected chi connectivity index (χ3v) is 6.41. The zero-order valence-corrected chi connectivity index (χ0v) is 14.4. The lowest BCUT2D eigenvalue weighted by atomic mass is 10.1. The van der Waals surface area contributed by atoms with Gasteiger partial charge in [-0.2, -0.15) is 4.31 Å². The van der Waals surface area contributed by atoms with Crippen molar-refractivity contribution in [3.05, 3.63) is 47.4 Å². The van der Waals surface area contributed by atoms with Crippen LogP contribution in [0.1, 0.15) is 29.2 Å². The molecule has 0 radical (unpaired) electrons. The Morgan fingerprint density at radius 1 is 1.26 bits per heavy atom. The highest BCUT2D eigenvalue weighted by molar-refractivity contribution is 7.89. The van der Waals surface area contributed by atoms with Crippen LogP contribution in [-0.4, -0.2) is 32.9 Å². The number of methoxy groups -OCH3 is 1. The quantitative estimate of drug-likeness (QED) is 0.861. The Hall–Kier alpha value is -1.79. The standard InChI is InChI=1S/C17H21NO4S/c1-12-10-17(13(2)9-16(12)21-3)23(19,20)18-7-6-14(11-18)15-5-4-8-22-15/h4-5,8-10,14H,6-7,11H2,1-3H3. The molecule has 1 aliphatic heterocycles. The monoisotopic (exact) mass is 335 g/mol. The summed E-state index contributed by atoms with van der Waals surface area (Å²) in [5, 5.41) is 0. The lowest BCUT2D eigenvalue weighted by Gasteiger charge is -2.19. The van der Waals surface area contributed by atoms with Gasteiger partial charge in [-0.15, -0.1) is 0 Å². The minimum Gasteiger partial charge on any atom is -0.496 e. The first-order valence-electron chi connectivity index (χ1n) is 7.62. The van der Waals surface area contributed by atoms with Crippen LogP contribution < -0.4 is 4.74 Å². The topological polar surface area (TPSA) is 59.8 Å². The van der Waals surface area contributed by atoms with Crippen molar-refractivity contribution in [3.63, 3.8) is 0 Å². The molecule has 0 bridgehead atoms. The summed E-state index contributed by atoms with van der Waals surface area (Å²) in [5.41, 5.74) is 1.52. The van der Waals surface area contributed by atoms with E-state index < -0.39 is 10.0 Å². The maximum atomic E-state index is 13.0. The third kappa shape index (κ3) is 2.88. The molecule has 1 atom stereocenters. The van der Waals surface area contributed by atoms with E-state index in [-0.39, 0.29) is 5.92 Å². The summed E-state index contributed by atoms with van der Waals surface area (Å²) in [5.74, 6) is 1.68. The van der Waals surface area contributed by atoms with Gasteiger partial charge in [-0.3, -0.25) is 0 Å². The number of rotatable bonds is 4. The molecule has 1 unspecified atom stereocenters. The highest BCUT2D eigenvalue weighted by Gasteiger charge is 2.35. The average Bonchev–Trinajstić information content (AvgIpc) is 3.19. The number of sulfonamides is 1. The molecule has 2 heterocycles. The van der Waals surface area contributed by atoms with Crippen molar-refractivity contribution in [1.29, 1.82) is 0 Å². The molecule has 1 aliphatic rings. The van der Waals surface area contributed by atoms with Crippen LogP contribution in [0.4, 0.5) is 0 Å². The van der Waals surface area contributed by atoms with Crippen molar-refractivity contribution < 1.29 is 17.6 Å². The van der Waals surface area contributed by atoms with Crippen molar-refractivity contribution in [1.82, 2.24) is 4.31 Å². The summed E-state index contributed by atoms with van der Waals surface area (Å²) in [6.07, 6.45) is 2.41. The Labute approximate surface area is 136 Å². The molecule has 0 N–H and O–H groups in total. The van der Waals surface area contributed by atoms with Gasteiger partial charge in [0.25, 0.3) is 0 Å². The van der Waals surface area contributed by atoms with Crippen molar-refractivity contribution in [2.24, 2.45) is 0 Å². The Morgan fingerprint density at radius 3 is 2.70 bits per heavy atom. The van der Waals surface area contributed by atoms with Gasteiger partial charge in [0.15, 0.2) is 0 Å². The molecule has 1 aromatic heterocycles. The van der Waals surface area contributed by atoms with Gasteiger partial charge >= 0.3 is 0 Å². The van der Waals surface area contributed by atoms with Gasteiger partial charge in [0, 0.05) is 19.0 Å². The lowest BCUT2D eigenvalue weighted by molar-refractivity contribution is 0.410. The Kier molecular flexibility index (Phi) is 4.21. The maximum Gasteiger partial charge on any atom is 0.243 e. The normalized spacial score (nSPS) is 19.2. The Balaban J connectivity index is 1.89. The molecule has 0 aliphatic carbocycles. The predicted octanol–water partition coefficient (Wildman–Crippen LogP) is 3.08. The van der Waals surface area contributed by atoms with Crippen LogP contribution in [0.3, 0.4) is 0 Å². The number of aryl methyl sites for hydroxylation is 2. The minimum absolute atomic E-state index is 0.124. The molecular weight excluding hydrogens is 314 g/mol. The molecule has 0 spiro atoms. The zero-order valence-electron chi connectivity index (χ0n) is 13.6. The van der Waals surface area contributed by atoms with Crippen LogP contribution >= 0.6 is 0 Å². The van der Waals surface area contributed by atoms with Crippen molar-refractivity contribution >= 4 is 10.0 Å². The molecule has 124 valence electrons. The first-order chi connectivity index (χ1) is 10.9. The van der Waals surface area contributed by atoms with E-state index in [9.17, 15) is 8.42 Å². The number of hydrogen-bond acceptors (Lipinski definition) is 4. The second-order valence-electron chi connectivity index (χ2n) is 5.95. The summed E-state index contributed by atoms with van der Waals surface area (Å²) >= 11 is 0. The van der Waals surface area contributed by atoms with Crippen molar-refractivity contribution in [2.75, 3.05) is 20.2 Å². The fourth-order valence-electron chi connectivity index (χ4n) is 3.10. The summed E-state index contributed by atoms with van der Waals surface area (Å²) in [7, 11) is -1.92. The van der Waals surface area contributed by atoms with Crippen LogP contribution in [0.2, 0.25) is 0 Å². The van der Waals surface area contributed by atoms with Crippen LogP contribution in [0.15, 0.2) is 39.8 Å². The van der Waals surface area contributed by atoms with Crippen molar-refractivity contribution in [3.8, 4) is 5.75 Å². The van der Waals surface area contributed by atoms with E-state index in [0.29, 0.717) is 29.3 Å². The highest BCUT2D eigenvalue weighted by atomic mass is 32.2. The number of nitrogens with zero attached hydrogens (tertiary/aromatic N) is 1. The van der Waals surface area contributed by atoms with Crippen LogP contribution in [0.5, 0.6) is 5.75 Å². The van der Waals surface area contributed by atoms with Gasteiger partial charge in [0.2, 0.25) is 10.0 Å². The van der Waals surface area contributed by atoms with E-state index in [1.165, 1.54) is 0 Å². The van der Waals surface area contributed by atoms with Crippen LogP contribution in [0, 0.1) is 13.8 Å². The Morgan fingerprint density at radius 2 is 2.04 bits per heavy atom. The SMILES string of the molecule is COc1cc(C)c(S(=O)(=O)N2CCC(c3ccco3)C2)cc1C. The molecule has 1 aromatic carbocycles. The van der Waals surface area contributed by atoms with Gasteiger partial charge in [-0.25, -0.2) is 8.42 Å². The maximum absolute atomic E-state index is 13.0. The summed E-state index contributed by atoms with van der Waals surface area (Å²) in [6, 6.07) is 7.22. The fraction of sp³-hybridized carbons (Fsp3) is 0.412. The van der Waals surface area contributed by atoms with Crippen LogP contribution in [0.25, 0.3) is 0 Å². The largest absolute Gasteiger partial charge is 0.496 e. The second kappa shape index (κ2) is 6.02. The van der Waals surface area contributed by atoms with E-state index in [1.807, 2.05) is 19.1 Å². The number of benzene rings is 1. The van der Waals surface area contributed by atoms with Gasteiger partial charge in [0.1, 0.15) is 11.5 Å². The van der Waals surface area contributed by atoms with Gasteiger partial charge in [-0.1, -0.05) is 0 Å². The molecule has 2 aromatic rings. The number of hydrogen-bond donors (Lipinski definition) is 0. The van der Waals surface area contributed by atoms with E-state index in [4.69, 9.17) is 9.15 Å². The molecule has 1 fully saturated rings. The fourth-order valence-corrected chi connectivity index (χ4v) is 4.89. The molecule has 23 heavy (non-hydrogen) atoms. The molecule has 0 saturated carbocycles. The number of furan rings is 1. The molecular formula is C17H21NO4S. The van der Waals surface area contributed by atoms with Crippen molar-refractivity contribution in [2.45, 2.75) is 31.1 Å². The summed E-state index contributed by atoms with van der Waals surface area (Å²) in [6.45, 7) is 4.63. The van der Waals surface area contributed by atoms with Crippen LogP contribution in [-0.2, 0) is 10.0 Å². The van der Waals surface area contributed by atoms with E-state index >= 15 is 0 Å². The average molecular weight is 335 g/mol. The Bertz CT molecular complexity index is 796. The second-order valence-corrected chi connectivity index (χ2v) is 7.86. The highest BCUT2D eigenvalue weighted by Crippen LogP contribution is 2.33. The van der Waals surface area contributed by atoms with Gasteiger partial charge in [-0.05, 0) is 55.7 Å².